The molecule has 2 aliphatic rings. The molecule has 0 aliphatic heterocycles. The highest BCUT2D eigenvalue weighted by molar-refractivity contribution is 7.97. The Morgan fingerprint density at radius 2 is 1.88 bits per heavy atom. The maximum Gasteiger partial charge on any atom is 0.230 e. The number of amidine groups is 1. The summed E-state index contributed by atoms with van der Waals surface area (Å²) in [6, 6.07) is 8.10. The molecule has 1 aromatic carbocycles. The highest BCUT2D eigenvalue weighted by atomic mass is 32.2. The molecular formula is C29H41N3OS. The van der Waals surface area contributed by atoms with Crippen LogP contribution < -0.4 is 4.72 Å². The van der Waals surface area contributed by atoms with Gasteiger partial charge < -0.3 is 4.72 Å². The van der Waals surface area contributed by atoms with E-state index in [0.717, 1.165) is 41.7 Å². The number of allylic oxidation sites excluding steroid dienone is 3. The smallest absolute Gasteiger partial charge is 0.230 e. The van der Waals surface area contributed by atoms with Crippen LogP contribution >= 0.6 is 11.9 Å². The molecule has 1 N–H and O–H groups in total. The molecule has 2 aliphatic carbocycles. The van der Waals surface area contributed by atoms with Gasteiger partial charge in [0.05, 0.1) is 0 Å². The van der Waals surface area contributed by atoms with Crippen LogP contribution in [0.2, 0.25) is 0 Å². The van der Waals surface area contributed by atoms with Gasteiger partial charge >= 0.3 is 0 Å². The van der Waals surface area contributed by atoms with Gasteiger partial charge in [-0.3, -0.25) is 4.79 Å². The molecule has 3 rings (SSSR count). The molecule has 0 radical (unpaired) electrons. The van der Waals surface area contributed by atoms with Gasteiger partial charge in [0.15, 0.2) is 5.84 Å². The van der Waals surface area contributed by atoms with Crippen LogP contribution in [0.3, 0.4) is 0 Å². The molecule has 1 saturated carbocycles. The number of hydrogen-bond donors (Lipinski definition) is 1. The van der Waals surface area contributed by atoms with Gasteiger partial charge in [-0.15, -0.1) is 0 Å². The molecule has 0 bridgehead atoms. The predicted octanol–water partition coefficient (Wildman–Crippen LogP) is 7.31. The normalized spacial score (nSPS) is 23.9. The average Bonchev–Trinajstić information content (AvgIpc) is 2.88. The number of amides is 1. The second-order valence-electron chi connectivity index (χ2n) is 9.80. The molecule has 1 unspecified atom stereocenters. The van der Waals surface area contributed by atoms with E-state index in [9.17, 15) is 4.79 Å². The van der Waals surface area contributed by atoms with Crippen molar-refractivity contribution in [1.82, 2.24) is 4.72 Å². The second kappa shape index (κ2) is 13.7. The molecule has 0 saturated heterocycles. The molecule has 0 spiro atoms. The summed E-state index contributed by atoms with van der Waals surface area (Å²) in [7, 11) is 0. The molecular weight excluding hydrogens is 438 g/mol. The fraction of sp³-hybridized carbons (Fsp3) is 0.552. The Morgan fingerprint density at radius 1 is 1.15 bits per heavy atom. The van der Waals surface area contributed by atoms with Gasteiger partial charge in [-0.25, -0.2) is 9.98 Å². The van der Waals surface area contributed by atoms with Crippen LogP contribution in [0.15, 0.2) is 57.7 Å². The van der Waals surface area contributed by atoms with E-state index in [2.05, 4.69) is 41.3 Å². The summed E-state index contributed by atoms with van der Waals surface area (Å²) in [6.45, 7) is 8.23. The third-order valence-electron chi connectivity index (χ3n) is 7.69. The largest absolute Gasteiger partial charge is 0.300 e. The van der Waals surface area contributed by atoms with Gasteiger partial charge in [-0.2, -0.15) is 0 Å². The fourth-order valence-electron chi connectivity index (χ4n) is 5.40. The van der Waals surface area contributed by atoms with Gasteiger partial charge in [-0.1, -0.05) is 68.5 Å². The molecule has 34 heavy (non-hydrogen) atoms. The highest BCUT2D eigenvalue weighted by Gasteiger charge is 2.28. The van der Waals surface area contributed by atoms with Gasteiger partial charge in [0.2, 0.25) is 5.91 Å². The van der Waals surface area contributed by atoms with Gasteiger partial charge in [0.25, 0.3) is 0 Å². The van der Waals surface area contributed by atoms with Crippen LogP contribution in [0.4, 0.5) is 0 Å². The van der Waals surface area contributed by atoms with E-state index in [1.807, 2.05) is 36.7 Å². The van der Waals surface area contributed by atoms with Crippen molar-refractivity contribution in [3.63, 3.8) is 0 Å². The highest BCUT2D eigenvalue weighted by Crippen LogP contribution is 2.41. The first-order valence-electron chi connectivity index (χ1n) is 12.9. The van der Waals surface area contributed by atoms with Crippen molar-refractivity contribution in [3.05, 3.63) is 58.8 Å². The van der Waals surface area contributed by atoms with Crippen molar-refractivity contribution in [2.24, 2.45) is 27.7 Å². The van der Waals surface area contributed by atoms with Crippen LogP contribution in [0.25, 0.3) is 0 Å². The molecule has 5 heteroatoms. The summed E-state index contributed by atoms with van der Waals surface area (Å²) in [5, 5.41) is 0. The fourth-order valence-corrected chi connectivity index (χ4v) is 5.73. The van der Waals surface area contributed by atoms with Crippen molar-refractivity contribution in [2.75, 3.05) is 6.26 Å². The Balaban J connectivity index is 1.56. The molecule has 4 nitrogen and oxygen atoms in total. The Kier molecular flexibility index (Phi) is 10.6. The van der Waals surface area contributed by atoms with E-state index < -0.39 is 0 Å². The Morgan fingerprint density at radius 3 is 2.47 bits per heavy atom. The summed E-state index contributed by atoms with van der Waals surface area (Å²) >= 11 is 1.34. The third-order valence-corrected chi connectivity index (χ3v) is 8.12. The molecule has 1 fully saturated rings. The SMILES string of the molecule is C=N/C(=N\C=C(/C)C1=CCC(C2CCC(CC)CC2)CC1)c1ccc(CCC(=O)NSC)cc1. The lowest BCUT2D eigenvalue weighted by Crippen LogP contribution is -2.23. The van der Waals surface area contributed by atoms with Crippen LogP contribution in [-0.4, -0.2) is 24.7 Å². The summed E-state index contributed by atoms with van der Waals surface area (Å²) < 4.78 is 2.76. The van der Waals surface area contributed by atoms with Gasteiger partial charge in [-0.05, 0) is 86.6 Å². The number of nitrogens with one attached hydrogen (secondary N) is 1. The van der Waals surface area contributed by atoms with E-state index in [1.54, 1.807) is 0 Å². The first-order chi connectivity index (χ1) is 16.5. The van der Waals surface area contributed by atoms with Crippen LogP contribution in [0, 0.1) is 17.8 Å². The van der Waals surface area contributed by atoms with Crippen molar-refractivity contribution >= 4 is 30.4 Å². The summed E-state index contributed by atoms with van der Waals surface area (Å²) in [5.74, 6) is 3.47. The first-order valence-corrected chi connectivity index (χ1v) is 14.1. The van der Waals surface area contributed by atoms with E-state index in [1.165, 1.54) is 68.0 Å². The predicted molar refractivity (Wildman–Crippen MR) is 147 cm³/mol. The topological polar surface area (TPSA) is 53.8 Å². The van der Waals surface area contributed by atoms with Crippen molar-refractivity contribution in [2.45, 2.75) is 78.1 Å². The number of benzene rings is 1. The molecule has 1 aromatic rings. The van der Waals surface area contributed by atoms with Crippen molar-refractivity contribution in [1.29, 1.82) is 0 Å². The molecule has 184 valence electrons. The Hall–Kier alpha value is -2.14. The summed E-state index contributed by atoms with van der Waals surface area (Å²) in [5.41, 5.74) is 4.73. The maximum atomic E-state index is 11.7. The number of hydrogen-bond acceptors (Lipinski definition) is 3. The minimum absolute atomic E-state index is 0.0550. The van der Waals surface area contributed by atoms with E-state index in [-0.39, 0.29) is 5.91 Å². The van der Waals surface area contributed by atoms with E-state index in [0.29, 0.717) is 12.3 Å². The Labute approximate surface area is 210 Å². The number of aliphatic imine (C=N–C) groups is 2. The zero-order valence-corrected chi connectivity index (χ0v) is 22.0. The van der Waals surface area contributed by atoms with E-state index in [4.69, 9.17) is 0 Å². The van der Waals surface area contributed by atoms with Crippen molar-refractivity contribution in [3.8, 4) is 0 Å². The van der Waals surface area contributed by atoms with Crippen LogP contribution in [0.5, 0.6) is 0 Å². The number of carbonyl (C=O) groups is 1. The van der Waals surface area contributed by atoms with Crippen LogP contribution in [0.1, 0.15) is 82.8 Å². The molecule has 0 aromatic heterocycles. The third kappa shape index (κ3) is 7.69. The molecule has 0 heterocycles. The number of aryl methyl sites for hydroxylation is 1. The maximum absolute atomic E-state index is 11.7. The lowest BCUT2D eigenvalue weighted by atomic mass is 9.70. The lowest BCUT2D eigenvalue weighted by Gasteiger charge is -2.35. The van der Waals surface area contributed by atoms with Gasteiger partial charge in [0, 0.05) is 24.4 Å². The zero-order valence-electron chi connectivity index (χ0n) is 21.2. The minimum Gasteiger partial charge on any atom is -0.300 e. The molecule has 1 amide bonds. The number of rotatable bonds is 9. The minimum atomic E-state index is 0.0550. The summed E-state index contributed by atoms with van der Waals surface area (Å²) in [6.07, 6.45) is 18.3. The average molecular weight is 480 g/mol. The standard InChI is InChI=1S/C29H41N3OS/c1-5-22-6-11-25(12-7-22)26-17-15-24(16-18-26)21(2)20-31-29(30-3)27-13-8-23(9-14-27)10-19-28(33)32-34-4/h8-9,13-15,20,22,25-26H,3,5-7,10-12,16-19H2,1-2,4H3,(H,32,33)/b21-20+,31-29-. The zero-order chi connectivity index (χ0) is 24.3. The number of nitrogens with zero attached hydrogens (tertiary/aromatic N) is 2. The first kappa shape index (κ1) is 26.5. The quantitative estimate of drug-likeness (QED) is 0.229. The monoisotopic (exact) mass is 479 g/mol. The van der Waals surface area contributed by atoms with Crippen molar-refractivity contribution < 1.29 is 4.79 Å². The van der Waals surface area contributed by atoms with Crippen LogP contribution in [-0.2, 0) is 11.2 Å². The van der Waals surface area contributed by atoms with E-state index >= 15 is 0 Å². The summed E-state index contributed by atoms with van der Waals surface area (Å²) in [4.78, 5) is 20.5. The lowest BCUT2D eigenvalue weighted by molar-refractivity contribution is -0.119. The Bertz CT molecular complexity index is 908. The second-order valence-corrected chi connectivity index (χ2v) is 10.4. The van der Waals surface area contributed by atoms with Gasteiger partial charge in [0.1, 0.15) is 0 Å². The molecule has 1 atom stereocenters. The number of carbonyl (C=O) groups excluding carboxylic acids is 1.